The zero-order chi connectivity index (χ0) is 10.6. The summed E-state index contributed by atoms with van der Waals surface area (Å²) < 4.78 is 0. The number of aliphatic hydroxyl groups is 1. The number of nitro groups is 1. The summed E-state index contributed by atoms with van der Waals surface area (Å²) in [7, 11) is 0. The van der Waals surface area contributed by atoms with E-state index in [1.165, 1.54) is 18.3 Å². The maximum atomic E-state index is 10.9. The molecule has 0 bridgehead atoms. The lowest BCUT2D eigenvalue weighted by Gasteiger charge is -1.93. The summed E-state index contributed by atoms with van der Waals surface area (Å²) in [5.74, 6) is 0. The van der Waals surface area contributed by atoms with Gasteiger partial charge in [0.2, 0.25) is 0 Å². The molecule has 74 valence electrons. The predicted molar refractivity (Wildman–Crippen MR) is 49.8 cm³/mol. The van der Waals surface area contributed by atoms with Crippen molar-refractivity contribution in [1.29, 1.82) is 0 Å². The molecule has 2 N–H and O–H groups in total. The predicted octanol–water partition coefficient (Wildman–Crippen LogP) is 0.289. The van der Waals surface area contributed by atoms with Gasteiger partial charge in [0.25, 0.3) is 0 Å². The van der Waals surface area contributed by atoms with Gasteiger partial charge < -0.3 is 10.1 Å². The molecule has 0 radical (unpaired) electrons. The molecule has 6 nitrogen and oxygen atoms in total. The van der Waals surface area contributed by atoms with Gasteiger partial charge in [0.15, 0.2) is 0 Å². The first-order valence-electron chi connectivity index (χ1n) is 3.79. The molecule has 0 unspecified atom stereocenters. The molecular formula is C8H8N2O4. The number of H-pyrrole nitrogens is 1. The molecule has 0 aliphatic heterocycles. The monoisotopic (exact) mass is 196 g/mol. The topological polar surface area (TPSA) is 96.2 Å². The van der Waals surface area contributed by atoms with Gasteiger partial charge in [0.05, 0.1) is 11.5 Å². The van der Waals surface area contributed by atoms with Crippen LogP contribution >= 0.6 is 0 Å². The van der Waals surface area contributed by atoms with Gasteiger partial charge in [-0.05, 0) is 5.56 Å². The summed E-state index contributed by atoms with van der Waals surface area (Å²) in [6.07, 6.45) is 4.22. The zero-order valence-corrected chi connectivity index (χ0v) is 7.14. The molecule has 0 amide bonds. The van der Waals surface area contributed by atoms with Crippen molar-refractivity contribution in [3.8, 4) is 0 Å². The van der Waals surface area contributed by atoms with Crippen molar-refractivity contribution >= 4 is 11.8 Å². The average Bonchev–Trinajstić information content (AvgIpc) is 2.16. The normalized spacial score (nSPS) is 10.6. The van der Waals surface area contributed by atoms with Crippen LogP contribution in [0.3, 0.4) is 0 Å². The van der Waals surface area contributed by atoms with Gasteiger partial charge in [0, 0.05) is 12.3 Å². The Morgan fingerprint density at radius 1 is 1.64 bits per heavy atom. The molecule has 14 heavy (non-hydrogen) atoms. The molecule has 6 heteroatoms. The van der Waals surface area contributed by atoms with E-state index in [-0.39, 0.29) is 6.61 Å². The molecule has 1 aromatic rings. The van der Waals surface area contributed by atoms with Crippen LogP contribution in [0.5, 0.6) is 0 Å². The highest BCUT2D eigenvalue weighted by molar-refractivity contribution is 5.51. The lowest BCUT2D eigenvalue weighted by molar-refractivity contribution is -0.386. The zero-order valence-electron chi connectivity index (χ0n) is 7.14. The first kappa shape index (κ1) is 10.1. The van der Waals surface area contributed by atoms with Crippen LogP contribution in [-0.4, -0.2) is 21.6 Å². The van der Waals surface area contributed by atoms with Gasteiger partial charge in [-0.1, -0.05) is 12.2 Å². The van der Waals surface area contributed by atoms with Crippen molar-refractivity contribution in [2.24, 2.45) is 0 Å². The highest BCUT2D eigenvalue weighted by Gasteiger charge is 2.11. The number of nitrogens with zero attached hydrogens (tertiary/aromatic N) is 1. The van der Waals surface area contributed by atoms with E-state index in [2.05, 4.69) is 4.98 Å². The fourth-order valence-corrected chi connectivity index (χ4v) is 0.909. The van der Waals surface area contributed by atoms with E-state index in [1.54, 1.807) is 0 Å². The van der Waals surface area contributed by atoms with Crippen molar-refractivity contribution in [1.82, 2.24) is 4.98 Å². The summed E-state index contributed by atoms with van der Waals surface area (Å²) in [5, 5.41) is 18.8. The molecule has 0 aliphatic carbocycles. The van der Waals surface area contributed by atoms with E-state index >= 15 is 0 Å². The summed E-state index contributed by atoms with van der Waals surface area (Å²) in [6.45, 7) is -0.160. The number of hydrogen-bond acceptors (Lipinski definition) is 4. The van der Waals surface area contributed by atoms with E-state index in [0.29, 0.717) is 5.56 Å². The summed E-state index contributed by atoms with van der Waals surface area (Å²) in [6, 6.07) is 1.14. The van der Waals surface area contributed by atoms with Crippen molar-refractivity contribution in [3.63, 3.8) is 0 Å². The molecule has 1 aromatic heterocycles. The minimum atomic E-state index is -0.755. The number of aromatic nitrogens is 1. The minimum absolute atomic E-state index is 0.160. The highest BCUT2D eigenvalue weighted by Crippen LogP contribution is 2.07. The molecule has 0 aliphatic rings. The Morgan fingerprint density at radius 3 is 2.93 bits per heavy atom. The van der Waals surface area contributed by atoms with Crippen molar-refractivity contribution in [2.45, 2.75) is 0 Å². The van der Waals surface area contributed by atoms with Crippen molar-refractivity contribution in [3.05, 3.63) is 44.4 Å². The van der Waals surface area contributed by atoms with Crippen LogP contribution in [0.2, 0.25) is 0 Å². The van der Waals surface area contributed by atoms with Gasteiger partial charge in [-0.15, -0.1) is 0 Å². The molecule has 0 spiro atoms. The van der Waals surface area contributed by atoms with Gasteiger partial charge in [-0.25, -0.2) is 0 Å². The fraction of sp³-hybridized carbons (Fsp3) is 0.125. The highest BCUT2D eigenvalue weighted by atomic mass is 16.6. The van der Waals surface area contributed by atoms with Gasteiger partial charge in [0.1, 0.15) is 0 Å². The van der Waals surface area contributed by atoms with Crippen LogP contribution in [0, 0.1) is 10.1 Å². The molecule has 1 rings (SSSR count). The van der Waals surface area contributed by atoms with E-state index in [9.17, 15) is 14.9 Å². The van der Waals surface area contributed by atoms with Gasteiger partial charge in [-0.3, -0.25) is 14.9 Å². The maximum Gasteiger partial charge on any atom is 0.334 e. The average molecular weight is 196 g/mol. The lowest BCUT2D eigenvalue weighted by Crippen LogP contribution is -2.10. The first-order chi connectivity index (χ1) is 6.65. The Balaban J connectivity index is 3.13. The van der Waals surface area contributed by atoms with E-state index in [0.717, 1.165) is 6.07 Å². The molecule has 0 atom stereocenters. The van der Waals surface area contributed by atoms with Crippen molar-refractivity contribution < 1.29 is 10.0 Å². The summed E-state index contributed by atoms with van der Waals surface area (Å²) >= 11 is 0. The third-order valence-corrected chi connectivity index (χ3v) is 1.52. The minimum Gasteiger partial charge on any atom is -0.392 e. The van der Waals surface area contributed by atoms with E-state index in [4.69, 9.17) is 5.11 Å². The number of pyridine rings is 1. The molecule has 0 aromatic carbocycles. The Hall–Kier alpha value is -1.95. The fourth-order valence-electron chi connectivity index (χ4n) is 0.909. The Bertz CT molecular complexity index is 422. The number of nitrogens with one attached hydrogen (secondary N) is 1. The number of aliphatic hydroxyl groups excluding tert-OH is 1. The molecule has 0 saturated heterocycles. The van der Waals surface area contributed by atoms with Crippen LogP contribution in [0.4, 0.5) is 5.69 Å². The lowest BCUT2D eigenvalue weighted by atomic mass is 10.2. The number of aromatic amines is 1. The van der Waals surface area contributed by atoms with Crippen LogP contribution in [0.25, 0.3) is 6.08 Å². The maximum absolute atomic E-state index is 10.9. The Labute approximate surface area is 78.7 Å². The van der Waals surface area contributed by atoms with Crippen LogP contribution in [0.1, 0.15) is 5.56 Å². The first-order valence-corrected chi connectivity index (χ1v) is 3.79. The SMILES string of the molecule is O=c1[nH]cc(C=CCO)cc1[N+](=O)[O-]. The molecule has 1 heterocycles. The third-order valence-electron chi connectivity index (χ3n) is 1.52. The quantitative estimate of drug-likeness (QED) is 0.536. The number of rotatable bonds is 3. The second-order valence-electron chi connectivity index (χ2n) is 2.49. The Kier molecular flexibility index (Phi) is 3.14. The number of hydrogen-bond donors (Lipinski definition) is 2. The summed E-state index contributed by atoms with van der Waals surface area (Å²) in [4.78, 5) is 22.7. The second-order valence-corrected chi connectivity index (χ2v) is 2.49. The van der Waals surface area contributed by atoms with Crippen LogP contribution < -0.4 is 5.56 Å². The smallest absolute Gasteiger partial charge is 0.334 e. The van der Waals surface area contributed by atoms with E-state index in [1.807, 2.05) is 0 Å². The largest absolute Gasteiger partial charge is 0.392 e. The molecule has 0 fully saturated rings. The van der Waals surface area contributed by atoms with Crippen LogP contribution in [0.15, 0.2) is 23.1 Å². The summed E-state index contributed by atoms with van der Waals surface area (Å²) in [5.41, 5.74) is -0.786. The molecular weight excluding hydrogens is 188 g/mol. The van der Waals surface area contributed by atoms with Gasteiger partial charge in [-0.2, -0.15) is 0 Å². The van der Waals surface area contributed by atoms with Crippen molar-refractivity contribution in [2.75, 3.05) is 6.61 Å². The van der Waals surface area contributed by atoms with Gasteiger partial charge >= 0.3 is 11.2 Å². The molecule has 0 saturated carbocycles. The Morgan fingerprint density at radius 2 is 2.36 bits per heavy atom. The second kappa shape index (κ2) is 4.33. The standard InChI is InChI=1S/C8H8N2O4/c11-3-1-2-6-4-7(10(13)14)8(12)9-5-6/h1-2,4-5,11H,3H2,(H,9,12). The third kappa shape index (κ3) is 2.27. The van der Waals surface area contributed by atoms with Crippen LogP contribution in [-0.2, 0) is 0 Å². The van der Waals surface area contributed by atoms with E-state index < -0.39 is 16.2 Å².